The van der Waals surface area contributed by atoms with Gasteiger partial charge < -0.3 is 14.9 Å². The molecule has 0 saturated carbocycles. The van der Waals surface area contributed by atoms with Crippen LogP contribution in [0.15, 0.2) is 37.1 Å². The number of hydrogen-bond donors (Lipinski definition) is 1. The smallest absolute Gasteiger partial charge is 0.266 e. The molecule has 1 heterocycles. The number of nitriles is 1. The number of rotatable bonds is 8. The molecule has 0 aromatic heterocycles. The molecule has 1 amide bonds. The van der Waals surface area contributed by atoms with Crippen LogP contribution in [-0.2, 0) is 4.79 Å². The molecule has 0 radical (unpaired) electrons. The molecule has 5 nitrogen and oxygen atoms in total. The van der Waals surface area contributed by atoms with Crippen molar-refractivity contribution in [1.82, 2.24) is 9.80 Å². The predicted octanol–water partition coefficient (Wildman–Crippen LogP) is 1.83. The van der Waals surface area contributed by atoms with Gasteiger partial charge in [0.15, 0.2) is 0 Å². The van der Waals surface area contributed by atoms with Crippen molar-refractivity contribution in [3.05, 3.63) is 37.1 Å². The summed E-state index contributed by atoms with van der Waals surface area (Å²) in [5.74, 6) is -0.310. The first-order valence-corrected chi connectivity index (χ1v) is 7.67. The lowest BCUT2D eigenvalue weighted by molar-refractivity contribution is -0.125. The van der Waals surface area contributed by atoms with Gasteiger partial charge in [-0.15, -0.1) is 13.2 Å². The zero-order chi connectivity index (χ0) is 16.4. The summed E-state index contributed by atoms with van der Waals surface area (Å²) in [6, 6.07) is 2.20. The molecule has 0 bridgehead atoms. The number of nitrogens with zero attached hydrogens (tertiary/aromatic N) is 3. The Labute approximate surface area is 132 Å². The van der Waals surface area contributed by atoms with Gasteiger partial charge in [0.05, 0.1) is 0 Å². The van der Waals surface area contributed by atoms with Crippen molar-refractivity contribution in [2.45, 2.75) is 31.7 Å². The minimum absolute atomic E-state index is 0.115. The van der Waals surface area contributed by atoms with Gasteiger partial charge in [-0.25, -0.2) is 0 Å². The van der Waals surface area contributed by atoms with Crippen LogP contribution in [0.4, 0.5) is 0 Å². The van der Waals surface area contributed by atoms with Crippen LogP contribution >= 0.6 is 0 Å². The summed E-state index contributed by atoms with van der Waals surface area (Å²) in [6.45, 7) is 8.95. The third kappa shape index (κ3) is 5.05. The van der Waals surface area contributed by atoms with Crippen molar-refractivity contribution < 1.29 is 9.90 Å². The minimum atomic E-state index is -0.310. The van der Waals surface area contributed by atoms with Gasteiger partial charge in [-0.1, -0.05) is 12.2 Å². The fraction of sp³-hybridized carbons (Fsp3) is 0.529. The normalized spacial score (nSPS) is 18.5. The topological polar surface area (TPSA) is 67.6 Å². The van der Waals surface area contributed by atoms with Crippen molar-refractivity contribution in [1.29, 1.82) is 5.26 Å². The van der Waals surface area contributed by atoms with Crippen molar-refractivity contribution >= 4 is 5.91 Å². The molecule has 22 heavy (non-hydrogen) atoms. The third-order valence-electron chi connectivity index (χ3n) is 3.77. The molecule has 120 valence electrons. The Morgan fingerprint density at radius 3 is 2.59 bits per heavy atom. The first-order chi connectivity index (χ1) is 10.7. The standard InChI is InChI=1S/C17H25N3O2/c1-3-9-19(10-4-2)17(22)15(13-18)14-20-11-6-5-7-16(20)8-12-21/h3-4,14,16,21H,1-2,5-12H2/b15-14-. The first kappa shape index (κ1) is 18.0. The Morgan fingerprint density at radius 2 is 2.05 bits per heavy atom. The highest BCUT2D eigenvalue weighted by atomic mass is 16.3. The minimum Gasteiger partial charge on any atom is -0.396 e. The largest absolute Gasteiger partial charge is 0.396 e. The van der Waals surface area contributed by atoms with Crippen LogP contribution in [0.25, 0.3) is 0 Å². The Hall–Kier alpha value is -2.06. The number of piperidine rings is 1. The van der Waals surface area contributed by atoms with Gasteiger partial charge in [-0.2, -0.15) is 5.26 Å². The van der Waals surface area contributed by atoms with Gasteiger partial charge in [0.1, 0.15) is 11.6 Å². The van der Waals surface area contributed by atoms with Gasteiger partial charge in [0, 0.05) is 38.5 Å². The van der Waals surface area contributed by atoms with Crippen LogP contribution in [0, 0.1) is 11.3 Å². The number of aliphatic hydroxyl groups excluding tert-OH is 1. The van der Waals surface area contributed by atoms with Crippen LogP contribution in [0.2, 0.25) is 0 Å². The van der Waals surface area contributed by atoms with E-state index in [-0.39, 0.29) is 24.1 Å². The predicted molar refractivity (Wildman–Crippen MR) is 86.7 cm³/mol. The number of likely N-dealkylation sites (tertiary alicyclic amines) is 1. The average molecular weight is 303 g/mol. The fourth-order valence-electron chi connectivity index (χ4n) is 2.67. The number of aliphatic hydroxyl groups is 1. The van der Waals surface area contributed by atoms with E-state index in [1.807, 2.05) is 11.0 Å². The molecule has 1 saturated heterocycles. The van der Waals surface area contributed by atoms with Crippen LogP contribution < -0.4 is 0 Å². The molecule has 1 N–H and O–H groups in total. The molecular formula is C17H25N3O2. The molecule has 1 aliphatic heterocycles. The average Bonchev–Trinajstić information content (AvgIpc) is 2.53. The molecule has 1 aliphatic rings. The summed E-state index contributed by atoms with van der Waals surface area (Å²) >= 11 is 0. The van der Waals surface area contributed by atoms with E-state index in [1.54, 1.807) is 18.4 Å². The van der Waals surface area contributed by atoms with Crippen LogP contribution in [0.5, 0.6) is 0 Å². The summed E-state index contributed by atoms with van der Waals surface area (Å²) in [7, 11) is 0. The van der Waals surface area contributed by atoms with E-state index >= 15 is 0 Å². The maximum atomic E-state index is 12.5. The Bertz CT molecular complexity index is 453. The number of hydrogen-bond acceptors (Lipinski definition) is 4. The zero-order valence-electron chi connectivity index (χ0n) is 13.1. The van der Waals surface area contributed by atoms with Gasteiger partial charge in [-0.05, 0) is 25.7 Å². The highest BCUT2D eigenvalue weighted by Gasteiger charge is 2.23. The van der Waals surface area contributed by atoms with E-state index in [4.69, 9.17) is 5.11 Å². The first-order valence-electron chi connectivity index (χ1n) is 7.67. The molecule has 1 atom stereocenters. The van der Waals surface area contributed by atoms with Gasteiger partial charge >= 0.3 is 0 Å². The highest BCUT2D eigenvalue weighted by Crippen LogP contribution is 2.21. The second-order valence-corrected chi connectivity index (χ2v) is 5.34. The summed E-state index contributed by atoms with van der Waals surface area (Å²) < 4.78 is 0. The molecule has 0 aromatic carbocycles. The summed E-state index contributed by atoms with van der Waals surface area (Å²) in [5.41, 5.74) is 0.119. The van der Waals surface area contributed by atoms with Crippen molar-refractivity contribution in [2.75, 3.05) is 26.2 Å². The van der Waals surface area contributed by atoms with Gasteiger partial charge in [0.2, 0.25) is 0 Å². The second kappa shape index (κ2) is 9.80. The van der Waals surface area contributed by atoms with E-state index in [0.29, 0.717) is 19.5 Å². The van der Waals surface area contributed by atoms with Crippen molar-refractivity contribution in [2.24, 2.45) is 0 Å². The van der Waals surface area contributed by atoms with Gasteiger partial charge in [0.25, 0.3) is 5.91 Å². The molecule has 5 heteroatoms. The summed E-state index contributed by atoms with van der Waals surface area (Å²) in [6.07, 6.45) is 8.70. The second-order valence-electron chi connectivity index (χ2n) is 5.34. The number of carbonyl (C=O) groups excluding carboxylic acids is 1. The highest BCUT2D eigenvalue weighted by molar-refractivity contribution is 5.97. The van der Waals surface area contributed by atoms with E-state index in [9.17, 15) is 10.1 Å². The monoisotopic (exact) mass is 303 g/mol. The zero-order valence-corrected chi connectivity index (χ0v) is 13.1. The third-order valence-corrected chi connectivity index (χ3v) is 3.77. The lowest BCUT2D eigenvalue weighted by atomic mass is 10.00. The molecular weight excluding hydrogens is 278 g/mol. The maximum absolute atomic E-state index is 12.5. The van der Waals surface area contributed by atoms with E-state index in [0.717, 1.165) is 25.8 Å². The quantitative estimate of drug-likeness (QED) is 0.422. The molecule has 1 unspecified atom stereocenters. The Balaban J connectivity index is 2.91. The number of carbonyl (C=O) groups is 1. The molecule has 0 spiro atoms. The molecule has 1 rings (SSSR count). The molecule has 1 fully saturated rings. The Morgan fingerprint density at radius 1 is 1.36 bits per heavy atom. The van der Waals surface area contributed by atoms with E-state index in [2.05, 4.69) is 13.2 Å². The van der Waals surface area contributed by atoms with E-state index < -0.39 is 0 Å². The fourth-order valence-corrected chi connectivity index (χ4v) is 2.67. The lowest BCUT2D eigenvalue weighted by Crippen LogP contribution is -2.38. The lowest BCUT2D eigenvalue weighted by Gasteiger charge is -2.35. The van der Waals surface area contributed by atoms with Gasteiger partial charge in [-0.3, -0.25) is 4.79 Å². The Kier molecular flexibility index (Phi) is 8.01. The molecule has 0 aliphatic carbocycles. The molecule has 0 aromatic rings. The van der Waals surface area contributed by atoms with E-state index in [1.165, 1.54) is 4.90 Å². The van der Waals surface area contributed by atoms with Crippen molar-refractivity contribution in [3.63, 3.8) is 0 Å². The van der Waals surface area contributed by atoms with Crippen LogP contribution in [0.1, 0.15) is 25.7 Å². The van der Waals surface area contributed by atoms with Crippen LogP contribution in [-0.4, -0.2) is 53.1 Å². The maximum Gasteiger partial charge on any atom is 0.266 e. The summed E-state index contributed by atoms with van der Waals surface area (Å²) in [5, 5.41) is 18.5. The van der Waals surface area contributed by atoms with Crippen LogP contribution in [0.3, 0.4) is 0 Å². The SMILES string of the molecule is C=CCN(CC=C)C(=O)/C(C#N)=C\N1CCCCC1CCO. The number of amides is 1. The summed E-state index contributed by atoms with van der Waals surface area (Å²) in [4.78, 5) is 16.0. The van der Waals surface area contributed by atoms with Crippen molar-refractivity contribution in [3.8, 4) is 6.07 Å².